The van der Waals surface area contributed by atoms with Crippen LogP contribution in [0.3, 0.4) is 0 Å². The van der Waals surface area contributed by atoms with Gasteiger partial charge in [-0.15, -0.1) is 10.2 Å². The van der Waals surface area contributed by atoms with Crippen LogP contribution in [0, 0.1) is 5.82 Å². The number of fused-ring (bicyclic) bond motifs is 1. The van der Waals surface area contributed by atoms with Crippen molar-refractivity contribution < 1.29 is 22.0 Å². The van der Waals surface area contributed by atoms with Gasteiger partial charge in [0.1, 0.15) is 11.4 Å². The predicted octanol–water partition coefficient (Wildman–Crippen LogP) is 4.38. The molecule has 10 heteroatoms. The van der Waals surface area contributed by atoms with E-state index in [1.165, 1.54) is 24.3 Å². The lowest BCUT2D eigenvalue weighted by atomic mass is 10.1. The summed E-state index contributed by atoms with van der Waals surface area (Å²) in [5.41, 5.74) is 0.427. The van der Waals surface area contributed by atoms with Crippen molar-refractivity contribution in [3.63, 3.8) is 0 Å². The Balaban J connectivity index is 1.54. The van der Waals surface area contributed by atoms with Crippen LogP contribution in [0.15, 0.2) is 46.9 Å². The zero-order chi connectivity index (χ0) is 19.0. The summed E-state index contributed by atoms with van der Waals surface area (Å²) in [5.74, 6) is 0.115. The number of hydrogen-bond acceptors (Lipinski definition) is 5. The Bertz CT molecular complexity index is 1070. The van der Waals surface area contributed by atoms with Crippen LogP contribution in [0.1, 0.15) is 11.1 Å². The second-order valence-electron chi connectivity index (χ2n) is 5.76. The molecular weight excluding hydrogens is 366 g/mol. The van der Waals surface area contributed by atoms with Crippen molar-refractivity contribution in [3.8, 4) is 11.6 Å². The molecule has 0 spiro atoms. The predicted molar refractivity (Wildman–Crippen MR) is 88.1 cm³/mol. The quantitative estimate of drug-likeness (QED) is 0.516. The maximum atomic E-state index is 14.3. The molecule has 2 aromatic carbocycles. The van der Waals surface area contributed by atoms with Crippen molar-refractivity contribution >= 4 is 16.7 Å². The molecule has 138 valence electrons. The van der Waals surface area contributed by atoms with Crippen LogP contribution < -0.4 is 5.32 Å². The van der Waals surface area contributed by atoms with E-state index < -0.39 is 17.6 Å². The standard InChI is InChI=1S/C17H11F4N5O/c18-13-5-9-6-15(16-23-25-26-24-16)27-14(9)7-10(13)8-22-12-3-1-11(2-4-12)17(19,20)21/h1-7,22H,8H2,(H,23,24,25,26). The number of H-pyrrole nitrogens is 1. The van der Waals surface area contributed by atoms with Gasteiger partial charge in [0.05, 0.1) is 5.56 Å². The number of alkyl halides is 3. The van der Waals surface area contributed by atoms with Gasteiger partial charge in [0.25, 0.3) is 0 Å². The number of aromatic amines is 1. The largest absolute Gasteiger partial charge is 0.453 e. The van der Waals surface area contributed by atoms with Gasteiger partial charge < -0.3 is 9.73 Å². The van der Waals surface area contributed by atoms with Crippen LogP contribution in [0.25, 0.3) is 22.6 Å². The highest BCUT2D eigenvalue weighted by molar-refractivity contribution is 5.82. The zero-order valence-corrected chi connectivity index (χ0v) is 13.5. The molecule has 0 aliphatic carbocycles. The first-order valence-electron chi connectivity index (χ1n) is 7.77. The Labute approximate surface area is 149 Å². The van der Waals surface area contributed by atoms with Gasteiger partial charge in [-0.1, -0.05) is 0 Å². The minimum atomic E-state index is -4.40. The summed E-state index contributed by atoms with van der Waals surface area (Å²) in [6, 6.07) is 8.94. The van der Waals surface area contributed by atoms with Crippen LogP contribution in [0.2, 0.25) is 0 Å². The fourth-order valence-corrected chi connectivity index (χ4v) is 2.59. The van der Waals surface area contributed by atoms with Gasteiger partial charge in [0.2, 0.25) is 5.82 Å². The Hall–Kier alpha value is -3.43. The number of halogens is 4. The minimum Gasteiger partial charge on any atom is -0.453 e. The van der Waals surface area contributed by atoms with Crippen molar-refractivity contribution in [2.24, 2.45) is 0 Å². The maximum Gasteiger partial charge on any atom is 0.416 e. The van der Waals surface area contributed by atoms with Crippen molar-refractivity contribution in [1.29, 1.82) is 0 Å². The molecule has 2 aromatic heterocycles. The van der Waals surface area contributed by atoms with E-state index in [-0.39, 0.29) is 12.4 Å². The topological polar surface area (TPSA) is 79.6 Å². The van der Waals surface area contributed by atoms with Gasteiger partial charge in [0.15, 0.2) is 5.76 Å². The monoisotopic (exact) mass is 377 g/mol. The molecule has 0 fully saturated rings. The summed E-state index contributed by atoms with van der Waals surface area (Å²) in [6.07, 6.45) is -4.40. The number of nitrogens with one attached hydrogen (secondary N) is 2. The Morgan fingerprint density at radius 3 is 2.52 bits per heavy atom. The van der Waals surface area contributed by atoms with E-state index in [0.717, 1.165) is 12.1 Å². The lowest BCUT2D eigenvalue weighted by Crippen LogP contribution is -2.05. The van der Waals surface area contributed by atoms with E-state index in [4.69, 9.17) is 4.42 Å². The number of furan rings is 1. The number of tetrazole rings is 1. The highest BCUT2D eigenvalue weighted by Gasteiger charge is 2.29. The van der Waals surface area contributed by atoms with Crippen LogP contribution in [0.4, 0.5) is 23.2 Å². The molecule has 2 N–H and O–H groups in total. The summed E-state index contributed by atoms with van der Waals surface area (Å²) >= 11 is 0. The van der Waals surface area contributed by atoms with Crippen LogP contribution in [-0.2, 0) is 12.7 Å². The Morgan fingerprint density at radius 2 is 1.85 bits per heavy atom. The van der Waals surface area contributed by atoms with E-state index in [0.29, 0.717) is 28.0 Å². The van der Waals surface area contributed by atoms with Crippen molar-refractivity contribution in [1.82, 2.24) is 20.6 Å². The summed E-state index contributed by atoms with van der Waals surface area (Å²) < 4.78 is 57.7. The number of aromatic nitrogens is 4. The fourth-order valence-electron chi connectivity index (χ4n) is 2.59. The van der Waals surface area contributed by atoms with Crippen LogP contribution >= 0.6 is 0 Å². The van der Waals surface area contributed by atoms with E-state index in [9.17, 15) is 17.6 Å². The van der Waals surface area contributed by atoms with Gasteiger partial charge >= 0.3 is 6.18 Å². The van der Waals surface area contributed by atoms with E-state index in [1.807, 2.05) is 0 Å². The Morgan fingerprint density at radius 1 is 1.07 bits per heavy atom. The smallest absolute Gasteiger partial charge is 0.416 e. The summed E-state index contributed by atoms with van der Waals surface area (Å²) in [5, 5.41) is 16.8. The number of rotatable bonds is 4. The molecule has 0 aliphatic rings. The third-order valence-corrected chi connectivity index (χ3v) is 3.95. The third-order valence-electron chi connectivity index (χ3n) is 3.95. The molecule has 0 radical (unpaired) electrons. The van der Waals surface area contributed by atoms with Crippen molar-refractivity contribution in [2.75, 3.05) is 5.32 Å². The normalized spacial score (nSPS) is 11.9. The molecule has 27 heavy (non-hydrogen) atoms. The number of anilines is 1. The number of benzene rings is 2. The highest BCUT2D eigenvalue weighted by Crippen LogP contribution is 2.30. The first kappa shape index (κ1) is 17.0. The number of nitrogens with zero attached hydrogens (tertiary/aromatic N) is 3. The second-order valence-corrected chi connectivity index (χ2v) is 5.76. The molecule has 0 atom stereocenters. The molecule has 6 nitrogen and oxygen atoms in total. The molecule has 0 unspecified atom stereocenters. The first-order chi connectivity index (χ1) is 12.9. The summed E-state index contributed by atoms with van der Waals surface area (Å²) in [6.45, 7) is 0.0748. The molecule has 0 saturated carbocycles. The van der Waals surface area contributed by atoms with E-state index in [2.05, 4.69) is 25.9 Å². The third kappa shape index (κ3) is 3.46. The molecular formula is C17H11F4N5O. The second kappa shape index (κ2) is 6.38. The van der Waals surface area contributed by atoms with Gasteiger partial charge in [-0.2, -0.15) is 18.4 Å². The van der Waals surface area contributed by atoms with Gasteiger partial charge in [-0.05, 0) is 47.7 Å². The van der Waals surface area contributed by atoms with E-state index in [1.54, 1.807) is 6.07 Å². The fraction of sp³-hybridized carbons (Fsp3) is 0.118. The average molecular weight is 377 g/mol. The van der Waals surface area contributed by atoms with Gasteiger partial charge in [0, 0.05) is 23.2 Å². The highest BCUT2D eigenvalue weighted by atomic mass is 19.4. The van der Waals surface area contributed by atoms with Gasteiger partial charge in [-0.25, -0.2) is 4.39 Å². The first-order valence-corrected chi connectivity index (χ1v) is 7.77. The molecule has 0 amide bonds. The Kier molecular flexibility index (Phi) is 4.02. The van der Waals surface area contributed by atoms with Crippen LogP contribution in [0.5, 0.6) is 0 Å². The SMILES string of the molecule is Fc1cc2cc(-c3nn[nH]n3)oc2cc1CNc1ccc(C(F)(F)F)cc1. The molecule has 4 aromatic rings. The van der Waals surface area contributed by atoms with Crippen molar-refractivity contribution in [2.45, 2.75) is 12.7 Å². The minimum absolute atomic E-state index is 0.0748. The molecule has 2 heterocycles. The lowest BCUT2D eigenvalue weighted by Gasteiger charge is -2.10. The summed E-state index contributed by atoms with van der Waals surface area (Å²) in [7, 11) is 0. The molecule has 4 rings (SSSR count). The molecule has 0 saturated heterocycles. The number of hydrogen-bond donors (Lipinski definition) is 2. The molecule has 0 bridgehead atoms. The van der Waals surface area contributed by atoms with Crippen LogP contribution in [-0.4, -0.2) is 20.6 Å². The van der Waals surface area contributed by atoms with E-state index >= 15 is 0 Å². The average Bonchev–Trinajstić information content (AvgIpc) is 3.28. The summed E-state index contributed by atoms with van der Waals surface area (Å²) in [4.78, 5) is 0. The van der Waals surface area contributed by atoms with Crippen molar-refractivity contribution in [3.05, 3.63) is 59.4 Å². The lowest BCUT2D eigenvalue weighted by molar-refractivity contribution is -0.137. The molecule has 0 aliphatic heterocycles. The van der Waals surface area contributed by atoms with Gasteiger partial charge in [-0.3, -0.25) is 0 Å². The zero-order valence-electron chi connectivity index (χ0n) is 13.5. The maximum absolute atomic E-state index is 14.3.